The van der Waals surface area contributed by atoms with E-state index < -0.39 is 23.1 Å². The van der Waals surface area contributed by atoms with Crippen molar-refractivity contribution in [3.8, 4) is 0 Å². The number of ether oxygens (including phenoxy) is 2. The van der Waals surface area contributed by atoms with Crippen molar-refractivity contribution in [1.82, 2.24) is 4.57 Å². The molecule has 7 heteroatoms. The molecule has 1 amide bonds. The van der Waals surface area contributed by atoms with E-state index in [-0.39, 0.29) is 5.91 Å². The summed E-state index contributed by atoms with van der Waals surface area (Å²) >= 11 is 0. The highest BCUT2D eigenvalue weighted by Gasteiger charge is 2.44. The van der Waals surface area contributed by atoms with Gasteiger partial charge in [0.2, 0.25) is 5.91 Å². The van der Waals surface area contributed by atoms with Crippen LogP contribution in [0.25, 0.3) is 10.9 Å². The zero-order valence-electron chi connectivity index (χ0n) is 19.8. The molecule has 1 aromatic heterocycles. The number of carbonyl (C=O) groups is 3. The van der Waals surface area contributed by atoms with Crippen LogP contribution in [-0.2, 0) is 26.2 Å². The first-order chi connectivity index (χ1) is 15.4. The molecule has 1 aliphatic rings. The van der Waals surface area contributed by atoms with Crippen molar-refractivity contribution in [2.45, 2.75) is 52.2 Å². The second-order valence-electron chi connectivity index (χ2n) is 9.80. The number of nitrogens with zero attached hydrogens (tertiary/aromatic N) is 2. The van der Waals surface area contributed by atoms with Crippen LogP contribution in [0.15, 0.2) is 48.7 Å². The molecule has 0 unspecified atom stereocenters. The summed E-state index contributed by atoms with van der Waals surface area (Å²) in [5.74, 6) is -0.481. The zero-order valence-corrected chi connectivity index (χ0v) is 19.8. The molecular formula is C26H28N2O5. The van der Waals surface area contributed by atoms with Crippen LogP contribution in [0.5, 0.6) is 0 Å². The Hall–Kier alpha value is -3.61. The number of benzene rings is 2. The van der Waals surface area contributed by atoms with E-state index in [1.54, 1.807) is 23.2 Å². The molecule has 0 fully saturated rings. The Morgan fingerprint density at radius 1 is 1.03 bits per heavy atom. The summed E-state index contributed by atoms with van der Waals surface area (Å²) in [6.45, 7) is 9.59. The van der Waals surface area contributed by atoms with Gasteiger partial charge in [-0.25, -0.2) is 9.59 Å². The van der Waals surface area contributed by atoms with Crippen LogP contribution in [-0.4, -0.2) is 35.2 Å². The van der Waals surface area contributed by atoms with Crippen molar-refractivity contribution in [3.05, 3.63) is 65.4 Å². The number of hydrogen-bond acceptors (Lipinski definition) is 5. The SMILES string of the molecule is COC(=O)c1ccc2c(c1)N(Cc1ccc3c(ccn3C(=O)OC(C)(C)C)c1)C(=O)C2(C)C. The molecule has 7 nitrogen and oxygen atoms in total. The summed E-state index contributed by atoms with van der Waals surface area (Å²) in [4.78, 5) is 39.5. The second-order valence-corrected chi connectivity index (χ2v) is 9.80. The minimum atomic E-state index is -0.700. The smallest absolute Gasteiger partial charge is 0.418 e. The van der Waals surface area contributed by atoms with Gasteiger partial charge in [0.25, 0.3) is 0 Å². The summed E-state index contributed by atoms with van der Waals surface area (Å²) in [6.07, 6.45) is 1.25. The average molecular weight is 449 g/mol. The van der Waals surface area contributed by atoms with E-state index in [0.29, 0.717) is 17.8 Å². The highest BCUT2D eigenvalue weighted by atomic mass is 16.6. The number of methoxy groups -OCH3 is 1. The molecule has 0 bridgehead atoms. The molecule has 0 aliphatic carbocycles. The predicted molar refractivity (Wildman–Crippen MR) is 126 cm³/mol. The second kappa shape index (κ2) is 7.76. The zero-order chi connectivity index (χ0) is 24.1. The number of fused-ring (bicyclic) bond motifs is 2. The van der Waals surface area contributed by atoms with Crippen molar-refractivity contribution in [2.24, 2.45) is 0 Å². The fourth-order valence-corrected chi connectivity index (χ4v) is 4.19. The van der Waals surface area contributed by atoms with Crippen LogP contribution in [0.1, 0.15) is 56.1 Å². The van der Waals surface area contributed by atoms with Crippen LogP contribution in [0, 0.1) is 0 Å². The number of esters is 1. The molecule has 0 saturated carbocycles. The van der Waals surface area contributed by atoms with Gasteiger partial charge in [-0.15, -0.1) is 0 Å². The van der Waals surface area contributed by atoms with Gasteiger partial charge in [-0.05, 0) is 76.1 Å². The molecule has 172 valence electrons. The highest BCUT2D eigenvalue weighted by Crippen LogP contribution is 2.43. The number of rotatable bonds is 3. The first kappa shape index (κ1) is 22.6. The van der Waals surface area contributed by atoms with Crippen molar-refractivity contribution in [1.29, 1.82) is 0 Å². The fourth-order valence-electron chi connectivity index (χ4n) is 4.19. The lowest BCUT2D eigenvalue weighted by Crippen LogP contribution is -2.35. The lowest BCUT2D eigenvalue weighted by atomic mass is 9.86. The number of hydrogen-bond donors (Lipinski definition) is 0. The molecular weight excluding hydrogens is 420 g/mol. The van der Waals surface area contributed by atoms with Gasteiger partial charge in [-0.3, -0.25) is 9.36 Å². The minimum Gasteiger partial charge on any atom is -0.465 e. The third-order valence-corrected chi connectivity index (χ3v) is 5.85. The Balaban J connectivity index is 1.67. The van der Waals surface area contributed by atoms with Crippen molar-refractivity contribution in [3.63, 3.8) is 0 Å². The minimum absolute atomic E-state index is 0.0362. The molecule has 0 N–H and O–H groups in total. The third-order valence-electron chi connectivity index (χ3n) is 5.85. The Bertz CT molecular complexity index is 1280. The standard InChI is InChI=1S/C26H28N2O5/c1-25(2,3)33-24(31)27-12-11-17-13-16(7-10-20(17)27)15-28-21-14-18(22(29)32-6)8-9-19(21)26(4,5)23(28)30/h7-14H,15H2,1-6H3. The Kier molecular flexibility index (Phi) is 5.31. The average Bonchev–Trinajstić information content (AvgIpc) is 3.25. The van der Waals surface area contributed by atoms with Crippen LogP contribution < -0.4 is 4.90 Å². The normalized spacial score (nSPS) is 15.0. The van der Waals surface area contributed by atoms with Gasteiger partial charge in [0.15, 0.2) is 0 Å². The summed E-state index contributed by atoms with van der Waals surface area (Å²) in [5.41, 5.74) is 2.33. The van der Waals surface area contributed by atoms with Gasteiger partial charge < -0.3 is 14.4 Å². The maximum atomic E-state index is 13.3. The highest BCUT2D eigenvalue weighted by molar-refractivity contribution is 6.08. The van der Waals surface area contributed by atoms with E-state index in [2.05, 4.69) is 0 Å². The molecule has 0 saturated heterocycles. The summed E-state index contributed by atoms with van der Waals surface area (Å²) in [5, 5.41) is 0.868. The third kappa shape index (κ3) is 3.99. The predicted octanol–water partition coefficient (Wildman–Crippen LogP) is 5.04. The van der Waals surface area contributed by atoms with Crippen molar-refractivity contribution in [2.75, 3.05) is 12.0 Å². The quantitative estimate of drug-likeness (QED) is 0.525. The molecule has 33 heavy (non-hydrogen) atoms. The van der Waals surface area contributed by atoms with Gasteiger partial charge >= 0.3 is 12.1 Å². The van der Waals surface area contributed by atoms with Gasteiger partial charge in [0.1, 0.15) is 5.60 Å². The number of carbonyl (C=O) groups excluding carboxylic acids is 3. The van der Waals surface area contributed by atoms with E-state index in [1.807, 2.05) is 65.0 Å². The maximum Gasteiger partial charge on any atom is 0.418 e. The van der Waals surface area contributed by atoms with E-state index in [9.17, 15) is 14.4 Å². The van der Waals surface area contributed by atoms with Gasteiger partial charge in [0.05, 0.1) is 30.1 Å². The number of anilines is 1. The Morgan fingerprint density at radius 2 is 1.76 bits per heavy atom. The molecule has 0 radical (unpaired) electrons. The fraction of sp³-hybridized carbons (Fsp3) is 0.346. The van der Waals surface area contributed by atoms with E-state index in [1.165, 1.54) is 11.7 Å². The first-order valence-corrected chi connectivity index (χ1v) is 10.8. The molecule has 1 aliphatic heterocycles. The first-order valence-electron chi connectivity index (χ1n) is 10.8. The summed E-state index contributed by atoms with van der Waals surface area (Å²) in [7, 11) is 1.33. The molecule has 2 heterocycles. The molecule has 4 rings (SSSR count). The lowest BCUT2D eigenvalue weighted by Gasteiger charge is -2.21. The molecule has 3 aromatic rings. The summed E-state index contributed by atoms with van der Waals surface area (Å²) in [6, 6.07) is 12.8. The molecule has 0 spiro atoms. The van der Waals surface area contributed by atoms with Crippen LogP contribution >= 0.6 is 0 Å². The lowest BCUT2D eigenvalue weighted by molar-refractivity contribution is -0.122. The van der Waals surface area contributed by atoms with Crippen LogP contribution in [0.4, 0.5) is 10.5 Å². The van der Waals surface area contributed by atoms with Gasteiger partial charge in [-0.1, -0.05) is 12.1 Å². The Labute approximate surface area is 192 Å². The van der Waals surface area contributed by atoms with Gasteiger partial charge in [0, 0.05) is 17.3 Å². The van der Waals surface area contributed by atoms with Crippen molar-refractivity contribution < 1.29 is 23.9 Å². The number of aromatic nitrogens is 1. The van der Waals surface area contributed by atoms with E-state index in [4.69, 9.17) is 9.47 Å². The summed E-state index contributed by atoms with van der Waals surface area (Å²) < 4.78 is 11.8. The van der Waals surface area contributed by atoms with Crippen LogP contribution in [0.2, 0.25) is 0 Å². The molecule has 2 aromatic carbocycles. The topological polar surface area (TPSA) is 77.8 Å². The maximum absolute atomic E-state index is 13.3. The van der Waals surface area contributed by atoms with E-state index in [0.717, 1.165) is 22.0 Å². The monoisotopic (exact) mass is 448 g/mol. The largest absolute Gasteiger partial charge is 0.465 e. The van der Waals surface area contributed by atoms with Crippen molar-refractivity contribution >= 4 is 34.6 Å². The molecule has 0 atom stereocenters. The number of amides is 1. The van der Waals surface area contributed by atoms with Gasteiger partial charge in [-0.2, -0.15) is 0 Å². The van der Waals surface area contributed by atoms with E-state index >= 15 is 0 Å². The Morgan fingerprint density at radius 3 is 2.42 bits per heavy atom. The van der Waals surface area contributed by atoms with Crippen LogP contribution in [0.3, 0.4) is 0 Å².